The Balaban J connectivity index is 2.05. The van der Waals surface area contributed by atoms with Crippen molar-refractivity contribution in [2.24, 2.45) is 0 Å². The normalized spacial score (nSPS) is 10.4. The van der Waals surface area contributed by atoms with E-state index >= 15 is 0 Å². The fourth-order valence-electron chi connectivity index (χ4n) is 2.20. The molecular weight excluding hydrogens is 295 g/mol. The molecule has 2 rings (SSSR count). The number of benzene rings is 1. The van der Waals surface area contributed by atoms with E-state index in [1.807, 2.05) is 13.8 Å². The second-order valence-electron chi connectivity index (χ2n) is 5.21. The number of carbonyl (C=O) groups excluding carboxylic acids is 1. The van der Waals surface area contributed by atoms with Gasteiger partial charge in [0.2, 0.25) is 0 Å². The molecule has 0 saturated carbocycles. The summed E-state index contributed by atoms with van der Waals surface area (Å²) in [6.07, 6.45) is 4.78. The van der Waals surface area contributed by atoms with Crippen molar-refractivity contribution in [1.82, 2.24) is 14.9 Å². The summed E-state index contributed by atoms with van der Waals surface area (Å²) in [5, 5.41) is 3.01. The molecule has 6 heteroatoms. The summed E-state index contributed by atoms with van der Waals surface area (Å²) in [5.41, 5.74) is 1.04. The molecule has 0 aliphatic heterocycles. The van der Waals surface area contributed by atoms with Crippen molar-refractivity contribution in [2.45, 2.75) is 26.7 Å². The number of rotatable bonds is 7. The smallest absolute Gasteiger partial charge is 0.274 e. The molecule has 1 aromatic heterocycles. The fourth-order valence-corrected chi connectivity index (χ4v) is 2.20. The van der Waals surface area contributed by atoms with Gasteiger partial charge in [-0.05, 0) is 37.1 Å². The van der Waals surface area contributed by atoms with Crippen LogP contribution in [0.25, 0.3) is 0 Å². The SMILES string of the molecule is CCCN(CCC)C(=O)c1cnc(Nc2ccc(F)cc2)cn1. The highest BCUT2D eigenvalue weighted by Crippen LogP contribution is 2.14. The van der Waals surface area contributed by atoms with Gasteiger partial charge in [0, 0.05) is 18.8 Å². The molecule has 0 radical (unpaired) electrons. The number of halogens is 1. The first-order valence-corrected chi connectivity index (χ1v) is 7.78. The number of hydrogen-bond acceptors (Lipinski definition) is 4. The first kappa shape index (κ1) is 16.9. The number of amides is 1. The van der Waals surface area contributed by atoms with Gasteiger partial charge in [-0.1, -0.05) is 13.8 Å². The summed E-state index contributed by atoms with van der Waals surface area (Å²) in [4.78, 5) is 22.6. The minimum absolute atomic E-state index is 0.102. The third-order valence-electron chi connectivity index (χ3n) is 3.26. The Labute approximate surface area is 135 Å². The van der Waals surface area contributed by atoms with Crippen molar-refractivity contribution in [1.29, 1.82) is 0 Å². The van der Waals surface area contributed by atoms with Gasteiger partial charge in [0.15, 0.2) is 0 Å². The van der Waals surface area contributed by atoms with Crippen molar-refractivity contribution in [3.05, 3.63) is 48.2 Å². The van der Waals surface area contributed by atoms with Gasteiger partial charge in [0.05, 0.1) is 12.4 Å². The van der Waals surface area contributed by atoms with E-state index < -0.39 is 0 Å². The van der Waals surface area contributed by atoms with Crippen LogP contribution in [-0.4, -0.2) is 33.9 Å². The van der Waals surface area contributed by atoms with Crippen LogP contribution in [0.2, 0.25) is 0 Å². The summed E-state index contributed by atoms with van der Waals surface area (Å²) in [6, 6.07) is 5.95. The van der Waals surface area contributed by atoms with Crippen LogP contribution in [0.1, 0.15) is 37.2 Å². The Hall–Kier alpha value is -2.50. The molecule has 23 heavy (non-hydrogen) atoms. The topological polar surface area (TPSA) is 58.1 Å². The maximum Gasteiger partial charge on any atom is 0.274 e. The molecule has 1 heterocycles. The number of hydrogen-bond donors (Lipinski definition) is 1. The van der Waals surface area contributed by atoms with Gasteiger partial charge in [-0.3, -0.25) is 4.79 Å². The Morgan fingerprint density at radius 2 is 1.74 bits per heavy atom. The molecule has 0 bridgehead atoms. The largest absolute Gasteiger partial charge is 0.339 e. The lowest BCUT2D eigenvalue weighted by Gasteiger charge is -2.20. The lowest BCUT2D eigenvalue weighted by atomic mass is 10.3. The summed E-state index contributed by atoms with van der Waals surface area (Å²) >= 11 is 0. The Bertz CT molecular complexity index is 622. The molecule has 0 spiro atoms. The van der Waals surface area contributed by atoms with Gasteiger partial charge in [0.25, 0.3) is 5.91 Å². The third kappa shape index (κ3) is 4.74. The van der Waals surface area contributed by atoms with Crippen LogP contribution in [0.4, 0.5) is 15.9 Å². The minimum atomic E-state index is -0.297. The van der Waals surface area contributed by atoms with Gasteiger partial charge in [-0.25, -0.2) is 14.4 Å². The molecule has 1 aromatic carbocycles. The summed E-state index contributed by atoms with van der Waals surface area (Å²) in [6.45, 7) is 5.50. The molecule has 0 unspecified atom stereocenters. The van der Waals surface area contributed by atoms with Gasteiger partial charge < -0.3 is 10.2 Å². The predicted molar refractivity (Wildman–Crippen MR) is 88.2 cm³/mol. The van der Waals surface area contributed by atoms with Gasteiger partial charge >= 0.3 is 0 Å². The highest BCUT2D eigenvalue weighted by atomic mass is 19.1. The predicted octanol–water partition coefficient (Wildman–Crippen LogP) is 3.62. The molecule has 1 N–H and O–H groups in total. The highest BCUT2D eigenvalue weighted by Gasteiger charge is 2.15. The van der Waals surface area contributed by atoms with E-state index in [1.165, 1.54) is 24.5 Å². The number of aromatic nitrogens is 2. The Kier molecular flexibility index (Phi) is 6.02. The van der Waals surface area contributed by atoms with Crippen molar-refractivity contribution in [3.8, 4) is 0 Å². The lowest BCUT2D eigenvalue weighted by molar-refractivity contribution is 0.0749. The highest BCUT2D eigenvalue weighted by molar-refractivity contribution is 5.92. The van der Waals surface area contributed by atoms with Crippen molar-refractivity contribution < 1.29 is 9.18 Å². The molecule has 0 fully saturated rings. The standard InChI is InChI=1S/C17H21FN4O/c1-3-9-22(10-4-2)17(23)15-11-20-16(12-19-15)21-14-7-5-13(18)6-8-14/h5-8,11-12H,3-4,9-10H2,1-2H3,(H,20,21). The molecule has 0 atom stereocenters. The van der Waals surface area contributed by atoms with E-state index in [0.717, 1.165) is 12.8 Å². The van der Waals surface area contributed by atoms with Crippen LogP contribution in [0.5, 0.6) is 0 Å². The van der Waals surface area contributed by atoms with Crippen molar-refractivity contribution in [3.63, 3.8) is 0 Å². The van der Waals surface area contributed by atoms with E-state index in [4.69, 9.17) is 0 Å². The lowest BCUT2D eigenvalue weighted by Crippen LogP contribution is -2.33. The van der Waals surface area contributed by atoms with Gasteiger partial charge in [0.1, 0.15) is 17.3 Å². The quantitative estimate of drug-likeness (QED) is 0.847. The number of carbonyl (C=O) groups is 1. The third-order valence-corrected chi connectivity index (χ3v) is 3.26. The Morgan fingerprint density at radius 3 is 2.26 bits per heavy atom. The second kappa shape index (κ2) is 8.22. The molecule has 1 amide bonds. The summed E-state index contributed by atoms with van der Waals surface area (Å²) < 4.78 is 12.9. The van der Waals surface area contributed by atoms with Crippen LogP contribution in [-0.2, 0) is 0 Å². The second-order valence-corrected chi connectivity index (χ2v) is 5.21. The first-order chi connectivity index (χ1) is 11.1. The molecule has 5 nitrogen and oxygen atoms in total. The summed E-state index contributed by atoms with van der Waals surface area (Å²) in [7, 11) is 0. The van der Waals surface area contributed by atoms with E-state index in [1.54, 1.807) is 17.0 Å². The van der Waals surface area contributed by atoms with Crippen LogP contribution in [0.15, 0.2) is 36.7 Å². The van der Waals surface area contributed by atoms with E-state index in [-0.39, 0.29) is 11.7 Å². The molecule has 2 aromatic rings. The zero-order valence-corrected chi connectivity index (χ0v) is 13.4. The molecule has 0 aliphatic carbocycles. The number of nitrogens with one attached hydrogen (secondary N) is 1. The van der Waals surface area contributed by atoms with Crippen LogP contribution in [0.3, 0.4) is 0 Å². The monoisotopic (exact) mass is 316 g/mol. The average molecular weight is 316 g/mol. The first-order valence-electron chi connectivity index (χ1n) is 7.78. The maximum absolute atomic E-state index is 12.9. The van der Waals surface area contributed by atoms with Gasteiger partial charge in [-0.15, -0.1) is 0 Å². The van der Waals surface area contributed by atoms with Crippen LogP contribution < -0.4 is 5.32 Å². The molecular formula is C17H21FN4O. The molecule has 122 valence electrons. The Morgan fingerprint density at radius 1 is 1.09 bits per heavy atom. The average Bonchev–Trinajstić information content (AvgIpc) is 2.57. The number of nitrogens with zero attached hydrogens (tertiary/aromatic N) is 3. The maximum atomic E-state index is 12.9. The van der Waals surface area contributed by atoms with Crippen molar-refractivity contribution in [2.75, 3.05) is 18.4 Å². The van der Waals surface area contributed by atoms with E-state index in [9.17, 15) is 9.18 Å². The fraction of sp³-hybridized carbons (Fsp3) is 0.353. The summed E-state index contributed by atoms with van der Waals surface area (Å²) in [5.74, 6) is 0.106. The molecule has 0 saturated heterocycles. The van der Waals surface area contributed by atoms with Gasteiger partial charge in [-0.2, -0.15) is 0 Å². The van der Waals surface area contributed by atoms with E-state index in [0.29, 0.717) is 30.3 Å². The number of anilines is 2. The zero-order valence-electron chi connectivity index (χ0n) is 13.4. The van der Waals surface area contributed by atoms with Crippen LogP contribution >= 0.6 is 0 Å². The molecule has 0 aliphatic rings. The zero-order chi connectivity index (χ0) is 16.7. The minimum Gasteiger partial charge on any atom is -0.339 e. The van der Waals surface area contributed by atoms with Crippen molar-refractivity contribution >= 4 is 17.4 Å². The van der Waals surface area contributed by atoms with Crippen LogP contribution in [0, 0.1) is 5.82 Å². The van der Waals surface area contributed by atoms with E-state index in [2.05, 4.69) is 15.3 Å².